The summed E-state index contributed by atoms with van der Waals surface area (Å²) in [5, 5.41) is 13.5. The molecule has 0 aliphatic carbocycles. The van der Waals surface area contributed by atoms with Gasteiger partial charge >= 0.3 is 6.18 Å². The van der Waals surface area contributed by atoms with E-state index in [9.17, 15) is 22.8 Å². The van der Waals surface area contributed by atoms with E-state index in [4.69, 9.17) is 0 Å². The number of nitrogens with zero attached hydrogens (tertiary/aromatic N) is 6. The van der Waals surface area contributed by atoms with E-state index in [0.717, 1.165) is 0 Å². The van der Waals surface area contributed by atoms with Crippen LogP contribution in [-0.4, -0.2) is 68.7 Å². The van der Waals surface area contributed by atoms with Crippen LogP contribution in [0.1, 0.15) is 39.4 Å². The average molecular weight is 441 g/mol. The van der Waals surface area contributed by atoms with Gasteiger partial charge in [0.1, 0.15) is 5.82 Å². The van der Waals surface area contributed by atoms with Crippen molar-refractivity contribution in [2.45, 2.75) is 45.8 Å². The van der Waals surface area contributed by atoms with Gasteiger partial charge in [0.25, 0.3) is 5.82 Å². The number of likely N-dealkylation sites (N-methyl/N-ethyl adjacent to an activating group) is 1. The minimum Gasteiger partial charge on any atom is -0.355 e. The third kappa shape index (κ3) is 5.23. The van der Waals surface area contributed by atoms with E-state index in [2.05, 4.69) is 20.6 Å². The van der Waals surface area contributed by atoms with Gasteiger partial charge < -0.3 is 15.1 Å². The summed E-state index contributed by atoms with van der Waals surface area (Å²) in [7, 11) is 0. The topological polar surface area (TPSA) is 95.7 Å². The molecule has 0 bridgehead atoms. The summed E-state index contributed by atoms with van der Waals surface area (Å²) in [5.74, 6) is -1.33. The van der Waals surface area contributed by atoms with Gasteiger partial charge in [-0.25, -0.2) is 0 Å². The van der Waals surface area contributed by atoms with Crippen molar-refractivity contribution in [3.63, 3.8) is 0 Å². The third-order valence-corrected chi connectivity index (χ3v) is 5.15. The molecule has 1 saturated heterocycles. The molecule has 3 heterocycles. The first-order valence-electron chi connectivity index (χ1n) is 10.2. The molecule has 2 aromatic rings. The molecule has 12 heteroatoms. The molecule has 31 heavy (non-hydrogen) atoms. The maximum Gasteiger partial charge on any atom is 0.453 e. The van der Waals surface area contributed by atoms with Crippen LogP contribution in [0.3, 0.4) is 0 Å². The van der Waals surface area contributed by atoms with E-state index in [1.165, 1.54) is 11.0 Å². The van der Waals surface area contributed by atoms with Gasteiger partial charge in [0, 0.05) is 31.6 Å². The van der Waals surface area contributed by atoms with Crippen LogP contribution in [0.2, 0.25) is 0 Å². The number of hydrogen-bond acceptors (Lipinski definition) is 6. The van der Waals surface area contributed by atoms with Crippen LogP contribution >= 0.6 is 0 Å². The molecule has 0 spiro atoms. The second kappa shape index (κ2) is 9.06. The molecule has 0 atom stereocenters. The molecule has 0 aromatic carbocycles. The Hall–Kier alpha value is -2.92. The Morgan fingerprint density at radius 3 is 2.48 bits per heavy atom. The summed E-state index contributed by atoms with van der Waals surface area (Å²) >= 11 is 0. The van der Waals surface area contributed by atoms with E-state index in [1.54, 1.807) is 6.07 Å². The number of aromatic nitrogens is 4. The Bertz CT molecular complexity index is 936. The van der Waals surface area contributed by atoms with Gasteiger partial charge in [-0.3, -0.25) is 9.59 Å². The van der Waals surface area contributed by atoms with Crippen molar-refractivity contribution in [3.05, 3.63) is 18.0 Å². The lowest BCUT2D eigenvalue weighted by Gasteiger charge is -2.34. The maximum absolute atomic E-state index is 13.1. The van der Waals surface area contributed by atoms with Gasteiger partial charge in [-0.1, -0.05) is 0 Å². The number of amides is 2. The predicted molar refractivity (Wildman–Crippen MR) is 106 cm³/mol. The number of piperidine rings is 1. The summed E-state index contributed by atoms with van der Waals surface area (Å²) in [6.45, 7) is 6.91. The van der Waals surface area contributed by atoms with Gasteiger partial charge in [0.15, 0.2) is 5.65 Å². The number of fused-ring (bicyclic) bond motifs is 1. The minimum absolute atomic E-state index is 0.00190. The first-order chi connectivity index (χ1) is 14.6. The molecule has 3 rings (SSSR count). The van der Waals surface area contributed by atoms with Crippen molar-refractivity contribution in [2.75, 3.05) is 31.1 Å². The SMILES string of the molecule is CCN(CC(=O)NC(C)C)C(=O)C1CCN(c2ccc3nnc(C(F)(F)F)n3n2)CC1. The molecule has 170 valence electrons. The Morgan fingerprint density at radius 2 is 1.90 bits per heavy atom. The smallest absolute Gasteiger partial charge is 0.355 e. The summed E-state index contributed by atoms with van der Waals surface area (Å²) < 4.78 is 40.0. The monoisotopic (exact) mass is 441 g/mol. The predicted octanol–water partition coefficient (Wildman–Crippen LogP) is 1.73. The zero-order valence-electron chi connectivity index (χ0n) is 17.7. The number of anilines is 1. The van der Waals surface area contributed by atoms with Crippen molar-refractivity contribution in [2.24, 2.45) is 5.92 Å². The van der Waals surface area contributed by atoms with Gasteiger partial charge in [0.2, 0.25) is 11.8 Å². The summed E-state index contributed by atoms with van der Waals surface area (Å²) in [6.07, 6.45) is -3.61. The van der Waals surface area contributed by atoms with Crippen molar-refractivity contribution in [3.8, 4) is 0 Å². The van der Waals surface area contributed by atoms with E-state index in [-0.39, 0.29) is 36.0 Å². The van der Waals surface area contributed by atoms with Crippen LogP contribution < -0.4 is 10.2 Å². The molecular weight excluding hydrogens is 415 g/mol. The van der Waals surface area contributed by atoms with Crippen LogP contribution in [0.25, 0.3) is 5.65 Å². The molecule has 2 amide bonds. The molecule has 1 aliphatic heterocycles. The van der Waals surface area contributed by atoms with Gasteiger partial charge in [-0.15, -0.1) is 15.3 Å². The van der Waals surface area contributed by atoms with Gasteiger partial charge in [-0.2, -0.15) is 17.7 Å². The first kappa shape index (κ1) is 22.8. The van der Waals surface area contributed by atoms with Gasteiger partial charge in [0.05, 0.1) is 6.54 Å². The second-order valence-electron chi connectivity index (χ2n) is 7.82. The van der Waals surface area contributed by atoms with Crippen LogP contribution in [0.4, 0.5) is 19.0 Å². The number of hydrogen-bond donors (Lipinski definition) is 1. The standard InChI is InChI=1S/C19H26F3N7O2/c1-4-27(11-16(30)23-12(2)3)17(31)13-7-9-28(10-8-13)15-6-5-14-24-25-18(19(20,21)22)29(14)26-15/h5-6,12-13H,4,7-11H2,1-3H3,(H,23,30). The second-order valence-corrected chi connectivity index (χ2v) is 7.82. The normalized spacial score (nSPS) is 15.5. The Kier molecular flexibility index (Phi) is 6.65. The lowest BCUT2D eigenvalue weighted by atomic mass is 9.95. The Morgan fingerprint density at radius 1 is 1.23 bits per heavy atom. The highest BCUT2D eigenvalue weighted by molar-refractivity contribution is 5.86. The third-order valence-electron chi connectivity index (χ3n) is 5.15. The van der Waals surface area contributed by atoms with Crippen LogP contribution in [0.15, 0.2) is 12.1 Å². The lowest BCUT2D eigenvalue weighted by molar-refractivity contribution is -0.146. The highest BCUT2D eigenvalue weighted by Gasteiger charge is 2.38. The fraction of sp³-hybridized carbons (Fsp3) is 0.632. The van der Waals surface area contributed by atoms with E-state index in [0.29, 0.717) is 42.8 Å². The number of nitrogens with one attached hydrogen (secondary N) is 1. The Balaban J connectivity index is 1.65. The van der Waals surface area contributed by atoms with Crippen molar-refractivity contribution >= 4 is 23.3 Å². The molecule has 0 unspecified atom stereocenters. The van der Waals surface area contributed by atoms with Crippen molar-refractivity contribution in [1.29, 1.82) is 0 Å². The highest BCUT2D eigenvalue weighted by atomic mass is 19.4. The fourth-order valence-corrected chi connectivity index (χ4v) is 3.62. The van der Waals surface area contributed by atoms with Crippen molar-refractivity contribution < 1.29 is 22.8 Å². The van der Waals surface area contributed by atoms with Gasteiger partial charge in [-0.05, 0) is 45.7 Å². The molecule has 1 aliphatic rings. The largest absolute Gasteiger partial charge is 0.453 e. The van der Waals surface area contributed by atoms with Crippen molar-refractivity contribution in [1.82, 2.24) is 30.0 Å². The summed E-state index contributed by atoms with van der Waals surface area (Å²) in [6, 6.07) is 3.03. The average Bonchev–Trinajstić information content (AvgIpc) is 3.15. The number of halogens is 3. The number of alkyl halides is 3. The van der Waals surface area contributed by atoms with Crippen LogP contribution in [-0.2, 0) is 15.8 Å². The summed E-state index contributed by atoms with van der Waals surface area (Å²) in [4.78, 5) is 28.2. The van der Waals surface area contributed by atoms with E-state index < -0.39 is 12.0 Å². The maximum atomic E-state index is 13.1. The number of carbonyl (C=O) groups is 2. The molecule has 0 saturated carbocycles. The zero-order valence-corrected chi connectivity index (χ0v) is 17.7. The Labute approximate surface area is 177 Å². The molecule has 2 aromatic heterocycles. The lowest BCUT2D eigenvalue weighted by Crippen LogP contribution is -2.47. The van der Waals surface area contributed by atoms with E-state index >= 15 is 0 Å². The minimum atomic E-state index is -4.66. The molecule has 0 radical (unpaired) electrons. The molecular formula is C19H26F3N7O2. The summed E-state index contributed by atoms with van der Waals surface area (Å²) in [5.41, 5.74) is 0.0133. The zero-order chi connectivity index (χ0) is 22.8. The van der Waals surface area contributed by atoms with Crippen LogP contribution in [0, 0.1) is 5.92 Å². The van der Waals surface area contributed by atoms with Crippen LogP contribution in [0.5, 0.6) is 0 Å². The first-order valence-corrected chi connectivity index (χ1v) is 10.2. The number of carbonyl (C=O) groups excluding carboxylic acids is 2. The fourth-order valence-electron chi connectivity index (χ4n) is 3.62. The molecule has 1 fully saturated rings. The number of rotatable bonds is 6. The molecule has 1 N–H and O–H groups in total. The van der Waals surface area contributed by atoms with E-state index in [1.807, 2.05) is 25.7 Å². The molecule has 9 nitrogen and oxygen atoms in total. The highest BCUT2D eigenvalue weighted by Crippen LogP contribution is 2.29. The quantitative estimate of drug-likeness (QED) is 0.734.